The van der Waals surface area contributed by atoms with Crippen LogP contribution in [0, 0.1) is 20.8 Å². The number of aromatic nitrogens is 1. The molecule has 0 aliphatic rings. The van der Waals surface area contributed by atoms with Crippen LogP contribution in [0.4, 0.5) is 0 Å². The van der Waals surface area contributed by atoms with Gasteiger partial charge >= 0.3 is 0 Å². The summed E-state index contributed by atoms with van der Waals surface area (Å²) in [6, 6.07) is 11.0. The number of pyridine rings is 1. The smallest absolute Gasteiger partial charge is 0.0579 e. The molecule has 0 fully saturated rings. The molecule has 1 aromatic carbocycles. The third kappa shape index (κ3) is 3.45. The van der Waals surface area contributed by atoms with Gasteiger partial charge in [0.05, 0.1) is 11.7 Å². The molecule has 1 heterocycles. The first kappa shape index (κ1) is 14.7. The Bertz CT molecular complexity index is 555. The molecule has 1 unspecified atom stereocenters. The molecule has 1 atom stereocenters. The maximum absolute atomic E-state index is 4.55. The Morgan fingerprint density at radius 1 is 1.10 bits per heavy atom. The predicted octanol–water partition coefficient (Wildman–Crippen LogP) is 3.90. The second-order valence-corrected chi connectivity index (χ2v) is 5.44. The molecule has 2 aromatic rings. The van der Waals surface area contributed by atoms with Crippen LogP contribution < -0.4 is 5.32 Å². The van der Waals surface area contributed by atoms with Gasteiger partial charge in [0.2, 0.25) is 0 Å². The van der Waals surface area contributed by atoms with Gasteiger partial charge in [-0.2, -0.15) is 0 Å². The second kappa shape index (κ2) is 6.67. The summed E-state index contributed by atoms with van der Waals surface area (Å²) in [6.45, 7) is 9.59. The lowest BCUT2D eigenvalue weighted by atomic mass is 9.94. The molecule has 0 amide bonds. The fourth-order valence-corrected chi connectivity index (χ4v) is 2.65. The Morgan fingerprint density at radius 2 is 1.80 bits per heavy atom. The number of aryl methyl sites for hydroxylation is 3. The maximum Gasteiger partial charge on any atom is 0.0579 e. The summed E-state index contributed by atoms with van der Waals surface area (Å²) in [6.07, 6.45) is 2.89. The van der Waals surface area contributed by atoms with Gasteiger partial charge in [0, 0.05) is 6.20 Å². The Balaban J connectivity index is 2.30. The van der Waals surface area contributed by atoms with Crippen molar-refractivity contribution in [1.82, 2.24) is 10.3 Å². The molecule has 2 rings (SSSR count). The summed E-state index contributed by atoms with van der Waals surface area (Å²) in [5.41, 5.74) is 6.55. The van der Waals surface area contributed by atoms with Crippen molar-refractivity contribution in [2.75, 3.05) is 6.54 Å². The molecule has 2 heteroatoms. The van der Waals surface area contributed by atoms with E-state index in [0.717, 1.165) is 18.7 Å². The van der Waals surface area contributed by atoms with Gasteiger partial charge in [-0.05, 0) is 68.1 Å². The van der Waals surface area contributed by atoms with Crippen LogP contribution in [0.5, 0.6) is 0 Å². The van der Waals surface area contributed by atoms with E-state index >= 15 is 0 Å². The summed E-state index contributed by atoms with van der Waals surface area (Å²) in [5.74, 6) is 0. The van der Waals surface area contributed by atoms with Crippen LogP contribution in [0.3, 0.4) is 0 Å². The zero-order chi connectivity index (χ0) is 14.5. The van der Waals surface area contributed by atoms with Crippen molar-refractivity contribution in [3.63, 3.8) is 0 Å². The van der Waals surface area contributed by atoms with Crippen molar-refractivity contribution >= 4 is 0 Å². The van der Waals surface area contributed by atoms with Crippen LogP contribution in [0.2, 0.25) is 0 Å². The minimum Gasteiger partial charge on any atom is -0.309 e. The minimum absolute atomic E-state index is 0.278. The van der Waals surface area contributed by atoms with E-state index in [-0.39, 0.29) is 6.04 Å². The van der Waals surface area contributed by atoms with E-state index in [1.165, 1.54) is 22.3 Å². The molecular formula is C18H24N2. The van der Waals surface area contributed by atoms with Gasteiger partial charge in [-0.15, -0.1) is 0 Å². The molecule has 0 saturated carbocycles. The van der Waals surface area contributed by atoms with Crippen molar-refractivity contribution in [2.24, 2.45) is 0 Å². The van der Waals surface area contributed by atoms with Gasteiger partial charge in [-0.1, -0.05) is 25.1 Å². The monoisotopic (exact) mass is 268 g/mol. The van der Waals surface area contributed by atoms with Crippen LogP contribution in [0.25, 0.3) is 0 Å². The van der Waals surface area contributed by atoms with E-state index in [4.69, 9.17) is 0 Å². The molecule has 0 aliphatic carbocycles. The first-order chi connectivity index (χ1) is 9.61. The molecule has 1 aromatic heterocycles. The Labute approximate surface area is 122 Å². The van der Waals surface area contributed by atoms with E-state index < -0.39 is 0 Å². The van der Waals surface area contributed by atoms with Gasteiger partial charge in [-0.3, -0.25) is 4.98 Å². The lowest BCUT2D eigenvalue weighted by Gasteiger charge is -2.20. The highest BCUT2D eigenvalue weighted by Gasteiger charge is 2.15. The Hall–Kier alpha value is -1.67. The molecule has 0 saturated heterocycles. The topological polar surface area (TPSA) is 24.9 Å². The highest BCUT2D eigenvalue weighted by Crippen LogP contribution is 2.22. The average molecular weight is 268 g/mol. The molecule has 0 aliphatic heterocycles. The number of nitrogens with zero attached hydrogens (tertiary/aromatic N) is 1. The third-order valence-electron chi connectivity index (χ3n) is 3.80. The number of hydrogen-bond acceptors (Lipinski definition) is 2. The van der Waals surface area contributed by atoms with Crippen LogP contribution in [0.1, 0.15) is 40.9 Å². The van der Waals surface area contributed by atoms with E-state index in [9.17, 15) is 0 Å². The van der Waals surface area contributed by atoms with Gasteiger partial charge in [0.1, 0.15) is 0 Å². The first-order valence-corrected chi connectivity index (χ1v) is 7.32. The van der Waals surface area contributed by atoms with Crippen LogP contribution in [0.15, 0.2) is 36.5 Å². The largest absolute Gasteiger partial charge is 0.309 e. The number of rotatable bonds is 5. The Kier molecular flexibility index (Phi) is 4.91. The van der Waals surface area contributed by atoms with E-state index in [0.29, 0.717) is 0 Å². The van der Waals surface area contributed by atoms with Gasteiger partial charge in [-0.25, -0.2) is 0 Å². The number of nitrogens with one attached hydrogen (secondary N) is 1. The van der Waals surface area contributed by atoms with Crippen LogP contribution >= 0.6 is 0 Å². The van der Waals surface area contributed by atoms with Crippen molar-refractivity contribution in [3.05, 3.63) is 64.5 Å². The number of hydrogen-bond donors (Lipinski definition) is 1. The van der Waals surface area contributed by atoms with Gasteiger partial charge in [0.25, 0.3) is 0 Å². The molecular weight excluding hydrogens is 244 g/mol. The van der Waals surface area contributed by atoms with Crippen molar-refractivity contribution in [2.45, 2.75) is 40.2 Å². The quantitative estimate of drug-likeness (QED) is 0.889. The highest BCUT2D eigenvalue weighted by atomic mass is 14.9. The standard InChI is InChI=1S/C18H24N2/c1-5-19-18(17-11-13(2)9-10-20-17)12-16-14(3)7-6-8-15(16)4/h6-11,18-19H,5,12H2,1-4H3. The molecule has 0 spiro atoms. The molecule has 106 valence electrons. The summed E-state index contributed by atoms with van der Waals surface area (Å²) in [4.78, 5) is 4.55. The summed E-state index contributed by atoms with van der Waals surface area (Å²) >= 11 is 0. The Morgan fingerprint density at radius 3 is 2.40 bits per heavy atom. The van der Waals surface area contributed by atoms with Crippen LogP contribution in [-0.4, -0.2) is 11.5 Å². The lowest BCUT2D eigenvalue weighted by Crippen LogP contribution is -2.24. The van der Waals surface area contributed by atoms with Crippen molar-refractivity contribution in [3.8, 4) is 0 Å². The van der Waals surface area contributed by atoms with E-state index in [1.54, 1.807) is 0 Å². The van der Waals surface area contributed by atoms with Gasteiger partial charge in [0.15, 0.2) is 0 Å². The fourth-order valence-electron chi connectivity index (χ4n) is 2.65. The normalized spacial score (nSPS) is 12.4. The van der Waals surface area contributed by atoms with E-state index in [1.807, 2.05) is 12.3 Å². The van der Waals surface area contributed by atoms with E-state index in [2.05, 4.69) is 62.3 Å². The predicted molar refractivity (Wildman–Crippen MR) is 85.0 cm³/mol. The molecule has 2 nitrogen and oxygen atoms in total. The molecule has 1 N–H and O–H groups in total. The third-order valence-corrected chi connectivity index (χ3v) is 3.80. The lowest BCUT2D eigenvalue weighted by molar-refractivity contribution is 0.534. The summed E-state index contributed by atoms with van der Waals surface area (Å²) < 4.78 is 0. The summed E-state index contributed by atoms with van der Waals surface area (Å²) in [7, 11) is 0. The highest BCUT2D eigenvalue weighted by molar-refractivity contribution is 5.35. The van der Waals surface area contributed by atoms with Crippen molar-refractivity contribution < 1.29 is 0 Å². The first-order valence-electron chi connectivity index (χ1n) is 7.32. The van der Waals surface area contributed by atoms with Crippen LogP contribution in [-0.2, 0) is 6.42 Å². The molecule has 0 radical (unpaired) electrons. The summed E-state index contributed by atoms with van der Waals surface area (Å²) in [5, 5.41) is 3.57. The number of benzene rings is 1. The van der Waals surface area contributed by atoms with Crippen molar-refractivity contribution in [1.29, 1.82) is 0 Å². The zero-order valence-corrected chi connectivity index (χ0v) is 12.9. The molecule has 0 bridgehead atoms. The number of likely N-dealkylation sites (N-methyl/N-ethyl adjacent to an activating group) is 1. The zero-order valence-electron chi connectivity index (χ0n) is 12.9. The average Bonchev–Trinajstić information content (AvgIpc) is 2.42. The maximum atomic E-state index is 4.55. The minimum atomic E-state index is 0.278. The van der Waals surface area contributed by atoms with Gasteiger partial charge < -0.3 is 5.32 Å². The SMILES string of the molecule is CCNC(Cc1c(C)cccc1C)c1cc(C)ccn1. The molecule has 20 heavy (non-hydrogen) atoms. The fraction of sp³-hybridized carbons (Fsp3) is 0.389. The second-order valence-electron chi connectivity index (χ2n) is 5.44.